The average Bonchev–Trinajstić information content (AvgIpc) is 2.70. The van der Waals surface area contributed by atoms with Crippen LogP contribution < -0.4 is 5.32 Å². The summed E-state index contributed by atoms with van der Waals surface area (Å²) < 4.78 is 19.1. The minimum absolute atomic E-state index is 0.177. The Morgan fingerprint density at radius 2 is 2.04 bits per heavy atom. The van der Waals surface area contributed by atoms with Crippen molar-refractivity contribution in [1.82, 2.24) is 10.2 Å². The second kappa shape index (κ2) is 7.77. The van der Waals surface area contributed by atoms with E-state index >= 15 is 0 Å². The molecule has 1 saturated heterocycles. The van der Waals surface area contributed by atoms with E-state index in [4.69, 9.17) is 4.74 Å². The molecule has 1 aromatic rings. The largest absolute Gasteiger partial charge is 0.444 e. The average molecular weight is 322 g/mol. The lowest BCUT2D eigenvalue weighted by Gasteiger charge is -2.26. The molecule has 2 rings (SSSR count). The standard InChI is InChI=1S/C18H27FN2O2/c1-18(2,3)23-17(22)21-11-6-8-15(10-12-21)20-13-14-7-4-5-9-16(14)19/h4-5,7,9,15,20H,6,8,10-13H2,1-3H3. The molecule has 0 saturated carbocycles. The summed E-state index contributed by atoms with van der Waals surface area (Å²) in [6, 6.07) is 7.11. The highest BCUT2D eigenvalue weighted by Crippen LogP contribution is 2.16. The number of halogens is 1. The Hall–Kier alpha value is -1.62. The van der Waals surface area contributed by atoms with Crippen LogP contribution in [0, 0.1) is 5.82 Å². The lowest BCUT2D eigenvalue weighted by molar-refractivity contribution is 0.0256. The molecule has 128 valence electrons. The predicted molar refractivity (Wildman–Crippen MR) is 88.7 cm³/mol. The van der Waals surface area contributed by atoms with Crippen LogP contribution in [0.5, 0.6) is 0 Å². The van der Waals surface area contributed by atoms with E-state index in [9.17, 15) is 9.18 Å². The monoisotopic (exact) mass is 322 g/mol. The summed E-state index contributed by atoms with van der Waals surface area (Å²) in [5, 5.41) is 3.41. The molecule has 1 aliphatic rings. The minimum Gasteiger partial charge on any atom is -0.444 e. The summed E-state index contributed by atoms with van der Waals surface area (Å²) in [7, 11) is 0. The third-order valence-electron chi connectivity index (χ3n) is 3.92. The van der Waals surface area contributed by atoms with Gasteiger partial charge in [-0.05, 0) is 46.1 Å². The van der Waals surface area contributed by atoms with Gasteiger partial charge in [0.15, 0.2) is 0 Å². The summed E-state index contributed by atoms with van der Waals surface area (Å²) in [6.45, 7) is 7.53. The Morgan fingerprint density at radius 1 is 1.30 bits per heavy atom. The quantitative estimate of drug-likeness (QED) is 0.922. The second-order valence-electron chi connectivity index (χ2n) is 7.07. The first-order valence-corrected chi connectivity index (χ1v) is 8.30. The molecule has 0 spiro atoms. The van der Waals surface area contributed by atoms with Crippen LogP contribution in [0.25, 0.3) is 0 Å². The molecule has 0 bridgehead atoms. The van der Waals surface area contributed by atoms with Gasteiger partial charge in [-0.25, -0.2) is 9.18 Å². The number of benzene rings is 1. The van der Waals surface area contributed by atoms with Gasteiger partial charge < -0.3 is 15.0 Å². The van der Waals surface area contributed by atoms with Gasteiger partial charge in [0.05, 0.1) is 0 Å². The highest BCUT2D eigenvalue weighted by Gasteiger charge is 2.25. The van der Waals surface area contributed by atoms with Crippen molar-refractivity contribution in [3.63, 3.8) is 0 Å². The third kappa shape index (κ3) is 5.82. The van der Waals surface area contributed by atoms with E-state index in [2.05, 4.69) is 5.32 Å². The van der Waals surface area contributed by atoms with Gasteiger partial charge >= 0.3 is 6.09 Å². The van der Waals surface area contributed by atoms with Crippen molar-refractivity contribution in [2.45, 2.75) is 58.2 Å². The van der Waals surface area contributed by atoms with Crippen LogP contribution in [-0.2, 0) is 11.3 Å². The van der Waals surface area contributed by atoms with Crippen molar-refractivity contribution in [2.24, 2.45) is 0 Å². The first kappa shape index (κ1) is 17.7. The number of carbonyl (C=O) groups excluding carboxylic acids is 1. The molecule has 4 nitrogen and oxygen atoms in total. The molecule has 5 heteroatoms. The highest BCUT2D eigenvalue weighted by atomic mass is 19.1. The van der Waals surface area contributed by atoms with Crippen LogP contribution in [-0.4, -0.2) is 35.7 Å². The van der Waals surface area contributed by atoms with E-state index in [0.29, 0.717) is 31.2 Å². The Morgan fingerprint density at radius 3 is 2.74 bits per heavy atom. The molecule has 1 atom stereocenters. The van der Waals surface area contributed by atoms with E-state index in [-0.39, 0.29) is 11.9 Å². The smallest absolute Gasteiger partial charge is 0.410 e. The number of hydrogen-bond acceptors (Lipinski definition) is 3. The second-order valence-corrected chi connectivity index (χ2v) is 7.07. The fourth-order valence-electron chi connectivity index (χ4n) is 2.71. The zero-order valence-corrected chi connectivity index (χ0v) is 14.3. The molecule has 1 fully saturated rings. The maximum atomic E-state index is 13.6. The summed E-state index contributed by atoms with van der Waals surface area (Å²) in [4.78, 5) is 13.9. The number of nitrogens with zero attached hydrogens (tertiary/aromatic N) is 1. The Bertz CT molecular complexity index is 528. The third-order valence-corrected chi connectivity index (χ3v) is 3.92. The van der Waals surface area contributed by atoms with E-state index in [1.807, 2.05) is 26.8 Å². The SMILES string of the molecule is CC(C)(C)OC(=O)N1CCCC(NCc2ccccc2F)CC1. The van der Waals surface area contributed by atoms with E-state index in [1.54, 1.807) is 17.0 Å². The number of rotatable bonds is 3. The van der Waals surface area contributed by atoms with Crippen molar-refractivity contribution >= 4 is 6.09 Å². The van der Waals surface area contributed by atoms with Gasteiger partial charge in [0.1, 0.15) is 11.4 Å². The number of ether oxygens (including phenoxy) is 1. The first-order chi connectivity index (χ1) is 10.8. The highest BCUT2D eigenvalue weighted by molar-refractivity contribution is 5.68. The maximum Gasteiger partial charge on any atom is 0.410 e. The lowest BCUT2D eigenvalue weighted by atomic mass is 10.1. The van der Waals surface area contributed by atoms with Crippen LogP contribution in [0.3, 0.4) is 0 Å². The normalized spacial score (nSPS) is 19.3. The van der Waals surface area contributed by atoms with Crippen LogP contribution in [0.15, 0.2) is 24.3 Å². The number of nitrogens with one attached hydrogen (secondary N) is 1. The summed E-state index contributed by atoms with van der Waals surface area (Å²) in [5.41, 5.74) is 0.215. The van der Waals surface area contributed by atoms with Crippen molar-refractivity contribution in [1.29, 1.82) is 0 Å². The molecule has 1 amide bonds. The fraction of sp³-hybridized carbons (Fsp3) is 0.611. The van der Waals surface area contributed by atoms with Gasteiger partial charge in [-0.1, -0.05) is 18.2 Å². The molecule has 1 aromatic carbocycles. The van der Waals surface area contributed by atoms with Crippen molar-refractivity contribution in [2.75, 3.05) is 13.1 Å². The fourth-order valence-corrected chi connectivity index (χ4v) is 2.71. The minimum atomic E-state index is -0.466. The maximum absolute atomic E-state index is 13.6. The van der Waals surface area contributed by atoms with E-state index in [0.717, 1.165) is 19.3 Å². The van der Waals surface area contributed by atoms with Crippen LogP contribution in [0.4, 0.5) is 9.18 Å². The topological polar surface area (TPSA) is 41.6 Å². The molecule has 23 heavy (non-hydrogen) atoms. The van der Waals surface area contributed by atoms with E-state index in [1.165, 1.54) is 6.07 Å². The van der Waals surface area contributed by atoms with Crippen molar-refractivity contribution < 1.29 is 13.9 Å². The molecule has 0 aliphatic carbocycles. The van der Waals surface area contributed by atoms with Gasteiger partial charge in [-0.2, -0.15) is 0 Å². The first-order valence-electron chi connectivity index (χ1n) is 8.30. The molecule has 0 radical (unpaired) electrons. The molecule has 0 aromatic heterocycles. The number of hydrogen-bond donors (Lipinski definition) is 1. The van der Waals surface area contributed by atoms with E-state index < -0.39 is 5.60 Å². The number of amides is 1. The lowest BCUT2D eigenvalue weighted by Crippen LogP contribution is -2.38. The molecule has 1 aliphatic heterocycles. The van der Waals surface area contributed by atoms with Crippen molar-refractivity contribution in [3.05, 3.63) is 35.6 Å². The van der Waals surface area contributed by atoms with Crippen LogP contribution >= 0.6 is 0 Å². The predicted octanol–water partition coefficient (Wildman–Crippen LogP) is 3.70. The van der Waals surface area contributed by atoms with Gasteiger partial charge in [0.2, 0.25) is 0 Å². The molecule has 1 heterocycles. The van der Waals surface area contributed by atoms with Crippen LogP contribution in [0.2, 0.25) is 0 Å². The van der Waals surface area contributed by atoms with Crippen molar-refractivity contribution in [3.8, 4) is 0 Å². The molecular weight excluding hydrogens is 295 g/mol. The van der Waals surface area contributed by atoms with Gasteiger partial charge in [-0.3, -0.25) is 0 Å². The summed E-state index contributed by atoms with van der Waals surface area (Å²) in [5.74, 6) is -0.177. The zero-order chi connectivity index (χ0) is 16.9. The van der Waals surface area contributed by atoms with Crippen LogP contribution in [0.1, 0.15) is 45.6 Å². The van der Waals surface area contributed by atoms with Gasteiger partial charge in [0, 0.05) is 31.2 Å². The zero-order valence-electron chi connectivity index (χ0n) is 14.3. The van der Waals surface area contributed by atoms with Gasteiger partial charge in [0.25, 0.3) is 0 Å². The summed E-state index contributed by atoms with van der Waals surface area (Å²) in [6.07, 6.45) is 2.52. The summed E-state index contributed by atoms with van der Waals surface area (Å²) >= 11 is 0. The molecule has 1 N–H and O–H groups in total. The Labute approximate surface area is 138 Å². The Balaban J connectivity index is 1.82. The molecular formula is C18H27FN2O2. The molecule has 1 unspecified atom stereocenters. The Kier molecular flexibility index (Phi) is 5.99. The van der Waals surface area contributed by atoms with Gasteiger partial charge in [-0.15, -0.1) is 0 Å². The number of carbonyl (C=O) groups is 1. The number of likely N-dealkylation sites (tertiary alicyclic amines) is 1.